The molecule has 0 saturated heterocycles. The van der Waals surface area contributed by atoms with E-state index in [2.05, 4.69) is 26.1 Å². The van der Waals surface area contributed by atoms with Gasteiger partial charge in [-0.2, -0.15) is 0 Å². The van der Waals surface area contributed by atoms with Gasteiger partial charge in [0.15, 0.2) is 0 Å². The van der Waals surface area contributed by atoms with Crippen molar-refractivity contribution in [2.24, 2.45) is 0 Å². The molecule has 0 saturated carbocycles. The molecule has 0 fully saturated rings. The van der Waals surface area contributed by atoms with Crippen LogP contribution >= 0.6 is 0 Å². The van der Waals surface area contributed by atoms with Crippen LogP contribution in [0, 0.1) is 0 Å². The van der Waals surface area contributed by atoms with Gasteiger partial charge in [0.25, 0.3) is 0 Å². The van der Waals surface area contributed by atoms with E-state index in [9.17, 15) is 5.11 Å². The van der Waals surface area contributed by atoms with Gasteiger partial charge < -0.3 is 19.9 Å². The molecule has 30 heavy (non-hydrogen) atoms. The normalized spacial score (nSPS) is 12.4. The summed E-state index contributed by atoms with van der Waals surface area (Å²) in [6.45, 7) is 7.17. The van der Waals surface area contributed by atoms with Crippen LogP contribution in [0.1, 0.15) is 43.5 Å². The lowest BCUT2D eigenvalue weighted by Crippen LogP contribution is -2.40. The maximum absolute atomic E-state index is 10.00. The monoisotopic (exact) mass is 405 g/mol. The van der Waals surface area contributed by atoms with Crippen molar-refractivity contribution in [2.75, 3.05) is 6.61 Å². The number of ether oxygens (including phenoxy) is 2. The average molecular weight is 406 g/mol. The van der Waals surface area contributed by atoms with Gasteiger partial charge in [0.1, 0.15) is 24.7 Å². The van der Waals surface area contributed by atoms with Crippen molar-refractivity contribution in [3.8, 4) is 11.5 Å². The van der Waals surface area contributed by atoms with Gasteiger partial charge in [-0.05, 0) is 49.6 Å². The Bertz CT molecular complexity index is 843. The number of hydrogen-bond donors (Lipinski definition) is 2. The molecule has 4 nitrogen and oxygen atoms in total. The van der Waals surface area contributed by atoms with Gasteiger partial charge >= 0.3 is 0 Å². The number of aliphatic hydroxyl groups excluding tert-OH is 1. The van der Waals surface area contributed by atoms with Crippen LogP contribution in [-0.2, 0) is 13.2 Å². The summed E-state index contributed by atoms with van der Waals surface area (Å²) in [5.41, 5.74) is 2.99. The molecule has 1 unspecified atom stereocenters. The van der Waals surface area contributed by atoms with E-state index in [1.807, 2.05) is 78.9 Å². The zero-order valence-electron chi connectivity index (χ0n) is 18.0. The maximum atomic E-state index is 10.00. The second-order valence-electron chi connectivity index (χ2n) is 8.42. The van der Waals surface area contributed by atoms with Gasteiger partial charge in [0, 0.05) is 11.6 Å². The predicted octanol–water partition coefficient (Wildman–Crippen LogP) is 5.27. The Kier molecular flexibility index (Phi) is 7.50. The lowest BCUT2D eigenvalue weighted by atomic mass is 10.0. The van der Waals surface area contributed by atoms with Crippen LogP contribution in [0.3, 0.4) is 0 Å². The van der Waals surface area contributed by atoms with Gasteiger partial charge in [0.2, 0.25) is 0 Å². The molecule has 3 rings (SSSR count). The molecule has 0 amide bonds. The second kappa shape index (κ2) is 10.3. The Morgan fingerprint density at radius 3 is 1.63 bits per heavy atom. The lowest BCUT2D eigenvalue weighted by molar-refractivity contribution is 0.216. The molecular weight excluding hydrogens is 374 g/mol. The highest BCUT2D eigenvalue weighted by molar-refractivity contribution is 5.40. The minimum Gasteiger partial charge on any atom is -0.489 e. The molecule has 0 radical (unpaired) electrons. The van der Waals surface area contributed by atoms with Crippen molar-refractivity contribution in [3.63, 3.8) is 0 Å². The van der Waals surface area contributed by atoms with E-state index in [0.717, 1.165) is 16.7 Å². The van der Waals surface area contributed by atoms with E-state index in [1.54, 1.807) is 0 Å². The first-order valence-corrected chi connectivity index (χ1v) is 10.3. The molecule has 0 aliphatic rings. The van der Waals surface area contributed by atoms with Crippen molar-refractivity contribution in [1.29, 1.82) is 0 Å². The summed E-state index contributed by atoms with van der Waals surface area (Å²) in [4.78, 5) is 0. The highest BCUT2D eigenvalue weighted by Gasteiger charge is 2.20. The summed E-state index contributed by atoms with van der Waals surface area (Å²) in [5.74, 6) is 1.43. The molecule has 4 heteroatoms. The molecule has 0 spiro atoms. The van der Waals surface area contributed by atoms with Gasteiger partial charge in [0.05, 0.1) is 12.6 Å². The van der Waals surface area contributed by atoms with E-state index in [0.29, 0.717) is 24.7 Å². The fraction of sp³-hybridized carbons (Fsp3) is 0.308. The Hall–Kier alpha value is -2.82. The average Bonchev–Trinajstić information content (AvgIpc) is 2.75. The van der Waals surface area contributed by atoms with Crippen molar-refractivity contribution >= 4 is 0 Å². The standard InChI is InChI=1S/C26H31NO3/c1-26(2,3)27-25(17-28)22-14-23(29-18-20-10-6-4-7-11-20)16-24(15-22)30-19-21-12-8-5-9-13-21/h4-16,25,27-28H,17-19H2,1-3H3. The Morgan fingerprint density at radius 1 is 0.767 bits per heavy atom. The summed E-state index contributed by atoms with van der Waals surface area (Å²) in [7, 11) is 0. The molecule has 0 heterocycles. The number of rotatable bonds is 9. The van der Waals surface area contributed by atoms with E-state index in [1.165, 1.54) is 0 Å². The summed E-state index contributed by atoms with van der Waals surface area (Å²) in [6, 6.07) is 25.7. The van der Waals surface area contributed by atoms with Gasteiger partial charge in [-0.25, -0.2) is 0 Å². The third-order valence-electron chi connectivity index (χ3n) is 4.59. The van der Waals surface area contributed by atoms with Crippen LogP contribution in [0.25, 0.3) is 0 Å². The number of aliphatic hydroxyl groups is 1. The maximum Gasteiger partial charge on any atom is 0.123 e. The first kappa shape index (κ1) is 21.9. The van der Waals surface area contributed by atoms with Crippen molar-refractivity contribution < 1.29 is 14.6 Å². The number of nitrogens with one attached hydrogen (secondary N) is 1. The molecule has 3 aromatic carbocycles. The van der Waals surface area contributed by atoms with Gasteiger partial charge in [-0.3, -0.25) is 0 Å². The lowest BCUT2D eigenvalue weighted by Gasteiger charge is -2.28. The van der Waals surface area contributed by atoms with Crippen molar-refractivity contribution in [1.82, 2.24) is 5.32 Å². The smallest absolute Gasteiger partial charge is 0.123 e. The fourth-order valence-corrected chi connectivity index (χ4v) is 3.20. The molecule has 1 atom stereocenters. The SMILES string of the molecule is CC(C)(C)NC(CO)c1cc(OCc2ccccc2)cc(OCc2ccccc2)c1. The molecule has 0 aliphatic heterocycles. The van der Waals surface area contributed by atoms with Crippen LogP contribution in [0.2, 0.25) is 0 Å². The predicted molar refractivity (Wildman–Crippen MR) is 121 cm³/mol. The van der Waals surface area contributed by atoms with Crippen LogP contribution < -0.4 is 14.8 Å². The zero-order chi connectivity index (χ0) is 21.4. The van der Waals surface area contributed by atoms with E-state index >= 15 is 0 Å². The number of hydrogen-bond acceptors (Lipinski definition) is 4. The van der Waals surface area contributed by atoms with E-state index in [-0.39, 0.29) is 18.2 Å². The minimum absolute atomic E-state index is 0.0163. The Balaban J connectivity index is 1.82. The van der Waals surface area contributed by atoms with Crippen molar-refractivity contribution in [2.45, 2.75) is 45.6 Å². The third-order valence-corrected chi connectivity index (χ3v) is 4.59. The molecule has 0 aromatic heterocycles. The molecule has 2 N–H and O–H groups in total. The first-order valence-electron chi connectivity index (χ1n) is 10.3. The highest BCUT2D eigenvalue weighted by atomic mass is 16.5. The zero-order valence-corrected chi connectivity index (χ0v) is 18.0. The van der Waals surface area contributed by atoms with Gasteiger partial charge in [-0.1, -0.05) is 60.7 Å². The van der Waals surface area contributed by atoms with Gasteiger partial charge in [-0.15, -0.1) is 0 Å². The summed E-state index contributed by atoms with van der Waals surface area (Å²) >= 11 is 0. The first-order chi connectivity index (χ1) is 14.4. The third kappa shape index (κ3) is 6.90. The van der Waals surface area contributed by atoms with Crippen LogP contribution in [0.5, 0.6) is 11.5 Å². The molecular formula is C26H31NO3. The summed E-state index contributed by atoms with van der Waals surface area (Å²) in [5, 5.41) is 13.5. The summed E-state index contributed by atoms with van der Waals surface area (Å²) < 4.78 is 12.1. The topological polar surface area (TPSA) is 50.7 Å². The van der Waals surface area contributed by atoms with Crippen molar-refractivity contribution in [3.05, 3.63) is 95.6 Å². The second-order valence-corrected chi connectivity index (χ2v) is 8.42. The largest absolute Gasteiger partial charge is 0.489 e. The molecule has 0 bridgehead atoms. The van der Waals surface area contributed by atoms with Crippen LogP contribution in [-0.4, -0.2) is 17.3 Å². The van der Waals surface area contributed by atoms with Crippen LogP contribution in [0.15, 0.2) is 78.9 Å². The van der Waals surface area contributed by atoms with E-state index in [4.69, 9.17) is 9.47 Å². The summed E-state index contributed by atoms with van der Waals surface area (Å²) in [6.07, 6.45) is 0. The Labute approximate surface area is 179 Å². The van der Waals surface area contributed by atoms with Crippen LogP contribution in [0.4, 0.5) is 0 Å². The molecule has 3 aromatic rings. The quantitative estimate of drug-likeness (QED) is 0.509. The number of benzene rings is 3. The fourth-order valence-electron chi connectivity index (χ4n) is 3.20. The highest BCUT2D eigenvalue weighted by Crippen LogP contribution is 2.29. The minimum atomic E-state index is -0.218. The van der Waals surface area contributed by atoms with E-state index < -0.39 is 0 Å². The Morgan fingerprint density at radius 2 is 1.23 bits per heavy atom. The molecule has 158 valence electrons. The molecule has 0 aliphatic carbocycles.